The van der Waals surface area contributed by atoms with Gasteiger partial charge in [0.1, 0.15) is 6.20 Å². The largest absolute Gasteiger partial charge is 0.481 e. The van der Waals surface area contributed by atoms with Gasteiger partial charge in [-0.15, -0.1) is 0 Å². The Balaban J connectivity index is 1.86. The Labute approximate surface area is 123 Å². The highest BCUT2D eigenvalue weighted by Gasteiger charge is 2.23. The summed E-state index contributed by atoms with van der Waals surface area (Å²) in [5.74, 6) is 0.685. The molecule has 3 aromatic heterocycles. The molecule has 9 heteroatoms. The van der Waals surface area contributed by atoms with E-state index in [1.165, 1.54) is 22.8 Å². The summed E-state index contributed by atoms with van der Waals surface area (Å²) in [6.45, 7) is 0.393. The van der Waals surface area contributed by atoms with Gasteiger partial charge in [0.05, 0.1) is 7.11 Å². The van der Waals surface area contributed by atoms with Gasteiger partial charge in [-0.25, -0.2) is 4.98 Å². The predicted molar refractivity (Wildman–Crippen MR) is 77.8 cm³/mol. The fraction of sp³-hybridized carbons (Fsp3) is 0.167. The first kappa shape index (κ1) is 13.3. The third-order valence-electron chi connectivity index (χ3n) is 2.88. The molecule has 0 bridgehead atoms. The van der Waals surface area contributed by atoms with Gasteiger partial charge in [0.25, 0.3) is 4.96 Å². The van der Waals surface area contributed by atoms with E-state index < -0.39 is 4.92 Å². The Morgan fingerprint density at radius 1 is 1.57 bits per heavy atom. The van der Waals surface area contributed by atoms with E-state index in [9.17, 15) is 10.1 Å². The lowest BCUT2D eigenvalue weighted by Gasteiger charge is -2.05. The summed E-state index contributed by atoms with van der Waals surface area (Å²) in [5, 5.41) is 15.9. The lowest BCUT2D eigenvalue weighted by atomic mass is 10.2. The van der Waals surface area contributed by atoms with Crippen molar-refractivity contribution in [1.82, 2.24) is 14.4 Å². The first-order valence-electron chi connectivity index (χ1n) is 6.02. The lowest BCUT2D eigenvalue weighted by molar-refractivity contribution is -0.389. The number of anilines is 1. The summed E-state index contributed by atoms with van der Waals surface area (Å²) in [5.41, 5.74) is 0.896. The normalized spacial score (nSPS) is 10.7. The number of nitro groups is 1. The quantitative estimate of drug-likeness (QED) is 0.574. The van der Waals surface area contributed by atoms with Crippen molar-refractivity contribution >= 4 is 27.9 Å². The average Bonchev–Trinajstić information content (AvgIpc) is 3.05. The number of nitrogens with zero attached hydrogens (tertiary/aromatic N) is 4. The minimum atomic E-state index is -0.442. The zero-order chi connectivity index (χ0) is 14.8. The maximum atomic E-state index is 11.2. The minimum absolute atomic E-state index is 0.0627. The van der Waals surface area contributed by atoms with Crippen molar-refractivity contribution in [2.75, 3.05) is 12.4 Å². The van der Waals surface area contributed by atoms with Gasteiger partial charge in [-0.2, -0.15) is 9.38 Å². The number of methoxy groups -OCH3 is 1. The minimum Gasteiger partial charge on any atom is -0.481 e. The van der Waals surface area contributed by atoms with Crippen LogP contribution in [0.2, 0.25) is 0 Å². The number of hydrogen-bond donors (Lipinski definition) is 1. The van der Waals surface area contributed by atoms with Crippen molar-refractivity contribution in [3.05, 3.63) is 45.6 Å². The molecule has 3 heterocycles. The topological polar surface area (TPSA) is 94.6 Å². The van der Waals surface area contributed by atoms with E-state index in [1.54, 1.807) is 29.9 Å². The predicted octanol–water partition coefficient (Wildman–Crippen LogP) is 2.32. The smallest absolute Gasteiger partial charge is 0.372 e. The molecule has 0 saturated heterocycles. The van der Waals surface area contributed by atoms with Crippen LogP contribution < -0.4 is 10.1 Å². The van der Waals surface area contributed by atoms with E-state index in [4.69, 9.17) is 4.74 Å². The average molecular weight is 305 g/mol. The number of ether oxygens (including phenoxy) is 1. The van der Waals surface area contributed by atoms with Crippen molar-refractivity contribution in [2.45, 2.75) is 6.54 Å². The van der Waals surface area contributed by atoms with E-state index in [0.717, 1.165) is 5.56 Å². The molecule has 21 heavy (non-hydrogen) atoms. The zero-order valence-electron chi connectivity index (χ0n) is 11.0. The van der Waals surface area contributed by atoms with Gasteiger partial charge >= 0.3 is 5.82 Å². The Morgan fingerprint density at radius 2 is 2.43 bits per heavy atom. The number of thiazole rings is 1. The second-order valence-electron chi connectivity index (χ2n) is 4.16. The van der Waals surface area contributed by atoms with Crippen molar-refractivity contribution < 1.29 is 9.66 Å². The summed E-state index contributed by atoms with van der Waals surface area (Å²) < 4.78 is 6.50. The molecule has 0 amide bonds. The van der Waals surface area contributed by atoms with Crippen molar-refractivity contribution in [2.24, 2.45) is 0 Å². The Bertz CT molecular complexity index is 797. The van der Waals surface area contributed by atoms with Crippen LogP contribution in [0.5, 0.6) is 5.88 Å². The van der Waals surface area contributed by atoms with Crippen molar-refractivity contribution in [3.63, 3.8) is 0 Å². The standard InChI is InChI=1S/C12H11N5O3S/c1-20-9-6-8(2-3-13-9)7-14-10-11(17(18)19)16-4-5-21-12(16)15-10/h2-6,14H,7H2,1H3. The van der Waals surface area contributed by atoms with Gasteiger partial charge in [0.15, 0.2) is 0 Å². The highest BCUT2D eigenvalue weighted by Crippen LogP contribution is 2.28. The molecule has 0 unspecified atom stereocenters. The maximum Gasteiger partial charge on any atom is 0.372 e. The Kier molecular flexibility index (Phi) is 3.40. The van der Waals surface area contributed by atoms with E-state index in [2.05, 4.69) is 15.3 Å². The molecule has 0 aromatic carbocycles. The third-order valence-corrected chi connectivity index (χ3v) is 3.63. The molecule has 0 aliphatic rings. The maximum absolute atomic E-state index is 11.2. The van der Waals surface area contributed by atoms with Gasteiger partial charge in [-0.3, -0.25) is 0 Å². The molecular formula is C12H11N5O3S. The van der Waals surface area contributed by atoms with Crippen LogP contribution in [0.25, 0.3) is 4.96 Å². The van der Waals surface area contributed by atoms with Crippen LogP contribution in [-0.4, -0.2) is 26.4 Å². The highest BCUT2D eigenvalue weighted by atomic mass is 32.1. The highest BCUT2D eigenvalue weighted by molar-refractivity contribution is 7.15. The second-order valence-corrected chi connectivity index (χ2v) is 5.03. The number of imidazole rings is 1. The molecular weight excluding hydrogens is 294 g/mol. The summed E-state index contributed by atoms with van der Waals surface area (Å²) in [6, 6.07) is 3.57. The monoisotopic (exact) mass is 305 g/mol. The fourth-order valence-corrected chi connectivity index (χ4v) is 2.63. The van der Waals surface area contributed by atoms with Crippen LogP contribution in [0.1, 0.15) is 5.56 Å². The van der Waals surface area contributed by atoms with Gasteiger partial charge in [0.2, 0.25) is 11.7 Å². The molecule has 1 N–H and O–H groups in total. The molecule has 0 radical (unpaired) electrons. The molecule has 3 rings (SSSR count). The van der Waals surface area contributed by atoms with Crippen LogP contribution in [-0.2, 0) is 6.54 Å². The number of pyridine rings is 1. The molecule has 8 nitrogen and oxygen atoms in total. The molecule has 3 aromatic rings. The molecule has 108 valence electrons. The first-order chi connectivity index (χ1) is 10.2. The van der Waals surface area contributed by atoms with Crippen LogP contribution in [0.3, 0.4) is 0 Å². The van der Waals surface area contributed by atoms with Gasteiger partial charge in [-0.05, 0) is 16.6 Å². The van der Waals surface area contributed by atoms with Crippen LogP contribution >= 0.6 is 11.3 Å². The number of rotatable bonds is 5. The SMILES string of the molecule is COc1cc(CNc2nc3sccn3c2[N+](=O)[O-])ccn1. The third kappa shape index (κ3) is 2.50. The zero-order valence-corrected chi connectivity index (χ0v) is 11.8. The van der Waals surface area contributed by atoms with Gasteiger partial charge in [0, 0.05) is 24.2 Å². The second kappa shape index (κ2) is 5.37. The van der Waals surface area contributed by atoms with Crippen molar-refractivity contribution in [3.8, 4) is 5.88 Å². The number of nitrogens with one attached hydrogen (secondary N) is 1. The molecule has 0 atom stereocenters. The van der Waals surface area contributed by atoms with Crippen LogP contribution in [0, 0.1) is 10.1 Å². The van der Waals surface area contributed by atoms with E-state index in [1.807, 2.05) is 0 Å². The summed E-state index contributed by atoms with van der Waals surface area (Å²) in [6.07, 6.45) is 3.25. The van der Waals surface area contributed by atoms with Gasteiger partial charge < -0.3 is 20.2 Å². The first-order valence-corrected chi connectivity index (χ1v) is 6.89. The Morgan fingerprint density at radius 3 is 3.19 bits per heavy atom. The number of aromatic nitrogens is 3. The summed E-state index contributed by atoms with van der Waals surface area (Å²) in [4.78, 5) is 19.6. The fourth-order valence-electron chi connectivity index (χ4n) is 1.92. The van der Waals surface area contributed by atoms with E-state index in [-0.39, 0.29) is 11.6 Å². The van der Waals surface area contributed by atoms with Crippen LogP contribution in [0.4, 0.5) is 11.6 Å². The molecule has 0 aliphatic heterocycles. The van der Waals surface area contributed by atoms with Crippen molar-refractivity contribution in [1.29, 1.82) is 0 Å². The summed E-state index contributed by atoms with van der Waals surface area (Å²) >= 11 is 1.34. The molecule has 0 spiro atoms. The number of hydrogen-bond acceptors (Lipinski definition) is 7. The molecule has 0 aliphatic carbocycles. The number of fused-ring (bicyclic) bond motifs is 1. The van der Waals surface area contributed by atoms with E-state index >= 15 is 0 Å². The van der Waals surface area contributed by atoms with E-state index in [0.29, 0.717) is 17.4 Å². The summed E-state index contributed by atoms with van der Waals surface area (Å²) in [7, 11) is 1.54. The van der Waals surface area contributed by atoms with Crippen LogP contribution in [0.15, 0.2) is 29.9 Å². The van der Waals surface area contributed by atoms with Gasteiger partial charge in [-0.1, -0.05) is 11.3 Å². The Hall–Kier alpha value is -2.68. The molecule has 0 saturated carbocycles. The molecule has 0 fully saturated rings. The lowest BCUT2D eigenvalue weighted by Crippen LogP contribution is -2.03.